The fourth-order valence-electron chi connectivity index (χ4n) is 0.998. The molecule has 0 aromatic heterocycles. The lowest BCUT2D eigenvalue weighted by molar-refractivity contribution is -0.117. The van der Waals surface area contributed by atoms with Crippen LogP contribution in [-0.2, 0) is 9.47 Å². The summed E-state index contributed by atoms with van der Waals surface area (Å²) in [6, 6.07) is 0. The molecule has 1 rings (SSSR count). The van der Waals surface area contributed by atoms with Crippen LogP contribution in [-0.4, -0.2) is 12.9 Å². The number of hydrogen-bond acceptors (Lipinski definition) is 2. The minimum Gasteiger partial charge on any atom is -0.473 e. The lowest BCUT2D eigenvalue weighted by atomic mass is 10.1. The van der Waals surface area contributed by atoms with E-state index in [4.69, 9.17) is 9.47 Å². The van der Waals surface area contributed by atoms with E-state index >= 15 is 0 Å². The summed E-state index contributed by atoms with van der Waals surface area (Å²) >= 11 is 0. The van der Waals surface area contributed by atoms with E-state index in [0.717, 1.165) is 13.0 Å². The topological polar surface area (TPSA) is 18.5 Å². The summed E-state index contributed by atoms with van der Waals surface area (Å²) in [5, 5.41) is 0. The fourth-order valence-corrected chi connectivity index (χ4v) is 0.998. The SMILES string of the molecule is CCO[C@H]1C[C@@H](C)C=CO1. The molecule has 0 aromatic carbocycles. The average Bonchev–Trinajstić information content (AvgIpc) is 1.88. The van der Waals surface area contributed by atoms with Gasteiger partial charge in [-0.2, -0.15) is 0 Å². The van der Waals surface area contributed by atoms with Gasteiger partial charge in [-0.15, -0.1) is 0 Å². The fraction of sp³-hybridized carbons (Fsp3) is 0.750. The standard InChI is InChI=1S/C8H14O2/c1-3-9-8-6-7(2)4-5-10-8/h4-5,7-8H,3,6H2,1-2H3/t7-,8+/m0/s1. The molecule has 0 amide bonds. The Hall–Kier alpha value is -0.500. The second-order valence-corrected chi connectivity index (χ2v) is 2.56. The maximum absolute atomic E-state index is 5.28. The molecule has 2 nitrogen and oxygen atoms in total. The van der Waals surface area contributed by atoms with Crippen molar-refractivity contribution in [2.45, 2.75) is 26.6 Å². The molecule has 0 spiro atoms. The van der Waals surface area contributed by atoms with Crippen LogP contribution >= 0.6 is 0 Å². The number of ether oxygens (including phenoxy) is 2. The summed E-state index contributed by atoms with van der Waals surface area (Å²) in [5.41, 5.74) is 0. The summed E-state index contributed by atoms with van der Waals surface area (Å²) in [5.74, 6) is 0.588. The van der Waals surface area contributed by atoms with E-state index in [1.54, 1.807) is 6.26 Å². The van der Waals surface area contributed by atoms with E-state index < -0.39 is 0 Å². The van der Waals surface area contributed by atoms with E-state index in [-0.39, 0.29) is 6.29 Å². The van der Waals surface area contributed by atoms with Crippen LogP contribution in [0.15, 0.2) is 12.3 Å². The summed E-state index contributed by atoms with van der Waals surface area (Å²) in [6.45, 7) is 4.86. The molecular weight excluding hydrogens is 128 g/mol. The van der Waals surface area contributed by atoms with E-state index in [9.17, 15) is 0 Å². The zero-order chi connectivity index (χ0) is 7.40. The van der Waals surface area contributed by atoms with Crippen molar-refractivity contribution >= 4 is 0 Å². The summed E-state index contributed by atoms with van der Waals surface area (Å²) in [7, 11) is 0. The monoisotopic (exact) mass is 142 g/mol. The molecule has 1 aliphatic rings. The van der Waals surface area contributed by atoms with Crippen molar-refractivity contribution in [1.29, 1.82) is 0 Å². The molecule has 2 heteroatoms. The van der Waals surface area contributed by atoms with Crippen molar-refractivity contribution in [3.8, 4) is 0 Å². The molecule has 10 heavy (non-hydrogen) atoms. The van der Waals surface area contributed by atoms with Gasteiger partial charge in [-0.05, 0) is 18.9 Å². The minimum atomic E-state index is -0.00926. The van der Waals surface area contributed by atoms with Crippen LogP contribution < -0.4 is 0 Å². The van der Waals surface area contributed by atoms with E-state index in [1.807, 2.05) is 6.92 Å². The van der Waals surface area contributed by atoms with Gasteiger partial charge in [0.15, 0.2) is 6.29 Å². The van der Waals surface area contributed by atoms with Gasteiger partial charge in [-0.1, -0.05) is 6.92 Å². The Morgan fingerprint density at radius 1 is 1.70 bits per heavy atom. The molecule has 1 heterocycles. The maximum Gasteiger partial charge on any atom is 0.199 e. The van der Waals surface area contributed by atoms with Gasteiger partial charge >= 0.3 is 0 Å². The summed E-state index contributed by atoms with van der Waals surface area (Å²) in [6.07, 6.45) is 4.75. The Labute approximate surface area is 61.8 Å². The molecule has 0 unspecified atom stereocenters. The van der Waals surface area contributed by atoms with Crippen molar-refractivity contribution in [2.75, 3.05) is 6.61 Å². The Balaban J connectivity index is 2.29. The van der Waals surface area contributed by atoms with Crippen LogP contribution in [0.3, 0.4) is 0 Å². The molecule has 2 atom stereocenters. The van der Waals surface area contributed by atoms with Crippen molar-refractivity contribution in [2.24, 2.45) is 5.92 Å². The molecule has 0 N–H and O–H groups in total. The van der Waals surface area contributed by atoms with Gasteiger partial charge in [0.2, 0.25) is 0 Å². The highest BCUT2D eigenvalue weighted by molar-refractivity contribution is 4.85. The third kappa shape index (κ3) is 2.03. The number of hydrogen-bond donors (Lipinski definition) is 0. The molecule has 0 radical (unpaired) electrons. The average molecular weight is 142 g/mol. The van der Waals surface area contributed by atoms with Gasteiger partial charge in [-0.25, -0.2) is 0 Å². The lowest BCUT2D eigenvalue weighted by Gasteiger charge is -2.22. The maximum atomic E-state index is 5.28. The van der Waals surface area contributed by atoms with Crippen LogP contribution in [0.2, 0.25) is 0 Å². The second-order valence-electron chi connectivity index (χ2n) is 2.56. The van der Waals surface area contributed by atoms with Crippen molar-refractivity contribution in [1.82, 2.24) is 0 Å². The third-order valence-electron chi connectivity index (χ3n) is 1.55. The Kier molecular flexibility index (Phi) is 2.75. The molecule has 0 fully saturated rings. The second kappa shape index (κ2) is 3.62. The summed E-state index contributed by atoms with van der Waals surface area (Å²) < 4.78 is 10.5. The largest absolute Gasteiger partial charge is 0.473 e. The first-order valence-electron chi connectivity index (χ1n) is 3.76. The van der Waals surface area contributed by atoms with E-state index in [2.05, 4.69) is 13.0 Å². The van der Waals surface area contributed by atoms with Crippen molar-refractivity contribution < 1.29 is 9.47 Å². The highest BCUT2D eigenvalue weighted by atomic mass is 16.7. The Bertz CT molecular complexity index is 120. The van der Waals surface area contributed by atoms with Gasteiger partial charge in [0.25, 0.3) is 0 Å². The van der Waals surface area contributed by atoms with Gasteiger partial charge in [0.1, 0.15) is 0 Å². The van der Waals surface area contributed by atoms with Gasteiger partial charge < -0.3 is 9.47 Å². The first kappa shape index (κ1) is 7.61. The van der Waals surface area contributed by atoms with Crippen LogP contribution in [0.4, 0.5) is 0 Å². The zero-order valence-corrected chi connectivity index (χ0v) is 6.54. The van der Waals surface area contributed by atoms with E-state index in [0.29, 0.717) is 5.92 Å². The summed E-state index contributed by atoms with van der Waals surface area (Å²) in [4.78, 5) is 0. The molecule has 1 aliphatic heterocycles. The van der Waals surface area contributed by atoms with E-state index in [1.165, 1.54) is 0 Å². The smallest absolute Gasteiger partial charge is 0.199 e. The molecule has 58 valence electrons. The number of rotatable bonds is 2. The van der Waals surface area contributed by atoms with Crippen LogP contribution in [0.1, 0.15) is 20.3 Å². The highest BCUT2D eigenvalue weighted by Gasteiger charge is 2.14. The molecule has 0 bridgehead atoms. The predicted octanol–water partition coefficient (Wildman–Crippen LogP) is 1.92. The zero-order valence-electron chi connectivity index (χ0n) is 6.54. The van der Waals surface area contributed by atoms with Gasteiger partial charge in [0.05, 0.1) is 6.26 Å². The third-order valence-corrected chi connectivity index (χ3v) is 1.55. The van der Waals surface area contributed by atoms with Crippen molar-refractivity contribution in [3.05, 3.63) is 12.3 Å². The van der Waals surface area contributed by atoms with Crippen LogP contribution in [0.25, 0.3) is 0 Å². The minimum absolute atomic E-state index is 0.00926. The quantitative estimate of drug-likeness (QED) is 0.586. The van der Waals surface area contributed by atoms with Crippen LogP contribution in [0.5, 0.6) is 0 Å². The Morgan fingerprint density at radius 3 is 3.10 bits per heavy atom. The van der Waals surface area contributed by atoms with Gasteiger partial charge in [0, 0.05) is 13.0 Å². The molecule has 0 aliphatic carbocycles. The molecule has 0 aromatic rings. The van der Waals surface area contributed by atoms with Gasteiger partial charge in [-0.3, -0.25) is 0 Å². The predicted molar refractivity (Wildman–Crippen MR) is 39.4 cm³/mol. The highest BCUT2D eigenvalue weighted by Crippen LogP contribution is 2.16. The lowest BCUT2D eigenvalue weighted by Crippen LogP contribution is -2.20. The van der Waals surface area contributed by atoms with Crippen LogP contribution in [0, 0.1) is 5.92 Å². The number of allylic oxidation sites excluding steroid dienone is 1. The Morgan fingerprint density at radius 2 is 2.50 bits per heavy atom. The first-order valence-corrected chi connectivity index (χ1v) is 3.76. The molecule has 0 saturated heterocycles. The molecule has 0 saturated carbocycles. The molecular formula is C8H14O2. The van der Waals surface area contributed by atoms with Crippen molar-refractivity contribution in [3.63, 3.8) is 0 Å². The normalized spacial score (nSPS) is 31.8. The first-order chi connectivity index (χ1) is 4.83.